The quantitative estimate of drug-likeness (QED) is 0.307. The van der Waals surface area contributed by atoms with E-state index in [9.17, 15) is 0 Å². The van der Waals surface area contributed by atoms with Crippen LogP contribution in [0.5, 0.6) is 0 Å². The minimum absolute atomic E-state index is 0.0729. The molecule has 3 aromatic carbocycles. The molecule has 38 heavy (non-hydrogen) atoms. The smallest absolute Gasteiger partial charge is 0.0340 e. The van der Waals surface area contributed by atoms with Crippen molar-refractivity contribution in [1.29, 1.82) is 0 Å². The van der Waals surface area contributed by atoms with Crippen LogP contribution in [0.3, 0.4) is 0 Å². The monoisotopic (exact) mass is 510 g/mol. The fourth-order valence-corrected chi connectivity index (χ4v) is 5.18. The van der Waals surface area contributed by atoms with Crippen LogP contribution in [-0.2, 0) is 21.7 Å². The summed E-state index contributed by atoms with van der Waals surface area (Å²) in [5.74, 6) is 0.166. The van der Waals surface area contributed by atoms with Gasteiger partial charge in [0.15, 0.2) is 0 Å². The van der Waals surface area contributed by atoms with E-state index in [1.807, 2.05) is 0 Å². The van der Waals surface area contributed by atoms with Crippen molar-refractivity contribution < 1.29 is 0 Å². The number of hydrogen-bond acceptors (Lipinski definition) is 0. The molecular weight excluding hydrogens is 456 g/mol. The summed E-state index contributed by atoms with van der Waals surface area (Å²) in [7, 11) is 0. The molecule has 0 saturated carbocycles. The Morgan fingerprint density at radius 3 is 0.842 bits per heavy atom. The van der Waals surface area contributed by atoms with Crippen LogP contribution in [0.1, 0.15) is 145 Å². The molecule has 0 N–H and O–H groups in total. The lowest BCUT2D eigenvalue weighted by atomic mass is 9.73. The molecule has 3 rings (SSSR count). The highest BCUT2D eigenvalue weighted by atomic mass is 14.3. The maximum absolute atomic E-state index is 2.49. The Morgan fingerprint density at radius 2 is 0.605 bits per heavy atom. The molecule has 0 saturated heterocycles. The van der Waals surface area contributed by atoms with Gasteiger partial charge in [0.25, 0.3) is 0 Å². The van der Waals surface area contributed by atoms with Gasteiger partial charge >= 0.3 is 0 Å². The molecule has 0 nitrogen and oxygen atoms in total. The van der Waals surface area contributed by atoms with Gasteiger partial charge < -0.3 is 0 Å². The maximum Gasteiger partial charge on any atom is 0.0340 e. The molecule has 0 aliphatic heterocycles. The summed E-state index contributed by atoms with van der Waals surface area (Å²) in [6, 6.07) is 19.7. The van der Waals surface area contributed by atoms with Crippen LogP contribution in [0.25, 0.3) is 0 Å². The van der Waals surface area contributed by atoms with E-state index in [-0.39, 0.29) is 27.6 Å². The third-order valence-electron chi connectivity index (χ3n) is 8.32. The first-order valence-electron chi connectivity index (χ1n) is 14.5. The first-order chi connectivity index (χ1) is 17.1. The Kier molecular flexibility index (Phi) is 7.95. The fourth-order valence-electron chi connectivity index (χ4n) is 5.18. The van der Waals surface area contributed by atoms with Gasteiger partial charge in [-0.3, -0.25) is 0 Å². The number of rotatable bonds is 3. The van der Waals surface area contributed by atoms with Gasteiger partial charge in [0.1, 0.15) is 0 Å². The lowest BCUT2D eigenvalue weighted by Gasteiger charge is -2.31. The molecular formula is C38H54. The van der Waals surface area contributed by atoms with Crippen molar-refractivity contribution >= 4 is 0 Å². The molecule has 0 unspecified atom stereocenters. The summed E-state index contributed by atoms with van der Waals surface area (Å²) in [6.07, 6.45) is 0. The van der Waals surface area contributed by atoms with E-state index in [1.165, 1.54) is 55.6 Å². The van der Waals surface area contributed by atoms with Crippen LogP contribution in [0, 0.1) is 20.8 Å². The molecule has 0 spiro atoms. The predicted octanol–water partition coefficient (Wildman–Crippen LogP) is 11.0. The predicted molar refractivity (Wildman–Crippen MR) is 169 cm³/mol. The molecule has 0 amide bonds. The van der Waals surface area contributed by atoms with Crippen LogP contribution in [0.4, 0.5) is 0 Å². The van der Waals surface area contributed by atoms with E-state index in [0.29, 0.717) is 0 Å². The zero-order valence-corrected chi connectivity index (χ0v) is 27.2. The summed E-state index contributed by atoms with van der Waals surface area (Å²) in [4.78, 5) is 0. The molecule has 0 aromatic heterocycles. The summed E-state index contributed by atoms with van der Waals surface area (Å²) in [5, 5.41) is 0. The molecule has 206 valence electrons. The summed E-state index contributed by atoms with van der Waals surface area (Å²) in [6.45, 7) is 34.8. The van der Waals surface area contributed by atoms with E-state index in [2.05, 4.69) is 152 Å². The normalized spacial score (nSPS) is 13.4. The van der Waals surface area contributed by atoms with Crippen molar-refractivity contribution in [2.75, 3.05) is 0 Å². The molecule has 0 fully saturated rings. The fraction of sp³-hybridized carbons (Fsp3) is 0.526. The van der Waals surface area contributed by atoms with Gasteiger partial charge in [-0.2, -0.15) is 0 Å². The second-order valence-corrected chi connectivity index (χ2v) is 15.9. The summed E-state index contributed by atoms with van der Waals surface area (Å²) < 4.78 is 0. The molecule has 0 radical (unpaired) electrons. The topological polar surface area (TPSA) is 0 Å². The largest absolute Gasteiger partial charge is 0.0561 e. The van der Waals surface area contributed by atoms with Crippen molar-refractivity contribution in [3.05, 3.63) is 104 Å². The first-order valence-corrected chi connectivity index (χ1v) is 14.5. The molecule has 0 aliphatic rings. The lowest BCUT2D eigenvalue weighted by molar-refractivity contribution is 0.564. The summed E-state index contributed by atoms with van der Waals surface area (Å²) >= 11 is 0. The standard InChI is InChI=1S/C38H54/c1-24-16-27(17-25(2)26(24)3)34(28-18-30(35(4,5)6)22-31(19-28)36(7,8)9)29-20-32(37(10,11)12)23-33(21-29)38(13,14)15/h16-23,34H,1-15H3. The molecule has 0 bridgehead atoms. The zero-order chi connectivity index (χ0) is 29.0. The third kappa shape index (κ3) is 6.62. The number of aryl methyl sites for hydroxylation is 2. The van der Waals surface area contributed by atoms with E-state index >= 15 is 0 Å². The molecule has 0 heteroatoms. The third-order valence-corrected chi connectivity index (χ3v) is 8.32. The maximum atomic E-state index is 2.49. The minimum atomic E-state index is 0.0729. The molecule has 0 atom stereocenters. The van der Waals surface area contributed by atoms with E-state index < -0.39 is 0 Å². The van der Waals surface area contributed by atoms with Gasteiger partial charge in [0.2, 0.25) is 0 Å². The van der Waals surface area contributed by atoms with Crippen LogP contribution >= 0.6 is 0 Å². The van der Waals surface area contributed by atoms with Gasteiger partial charge in [-0.25, -0.2) is 0 Å². The van der Waals surface area contributed by atoms with Crippen LogP contribution in [0.2, 0.25) is 0 Å². The van der Waals surface area contributed by atoms with Gasteiger partial charge in [-0.1, -0.05) is 132 Å². The number of benzene rings is 3. The Balaban J connectivity index is 2.49. The van der Waals surface area contributed by atoms with Crippen molar-refractivity contribution in [1.82, 2.24) is 0 Å². The zero-order valence-electron chi connectivity index (χ0n) is 27.2. The van der Waals surface area contributed by atoms with Crippen molar-refractivity contribution in [2.24, 2.45) is 0 Å². The molecule has 0 heterocycles. The highest BCUT2D eigenvalue weighted by molar-refractivity contribution is 5.53. The summed E-state index contributed by atoms with van der Waals surface area (Å²) in [5.41, 5.74) is 14.3. The Labute approximate surface area is 235 Å². The highest BCUT2D eigenvalue weighted by Crippen LogP contribution is 2.41. The van der Waals surface area contributed by atoms with Crippen molar-refractivity contribution in [2.45, 2.75) is 131 Å². The minimum Gasteiger partial charge on any atom is -0.0561 e. The van der Waals surface area contributed by atoms with Gasteiger partial charge in [-0.05, 0) is 98.1 Å². The van der Waals surface area contributed by atoms with E-state index in [0.717, 1.165) is 0 Å². The van der Waals surface area contributed by atoms with Gasteiger partial charge in [0, 0.05) is 5.92 Å². The van der Waals surface area contributed by atoms with Crippen LogP contribution in [-0.4, -0.2) is 0 Å². The SMILES string of the molecule is Cc1cc(C(c2cc(C(C)(C)C)cc(C(C)(C)C)c2)c2cc(C(C)(C)C)cc(C(C)(C)C)c2)cc(C)c1C. The average molecular weight is 511 g/mol. The second-order valence-electron chi connectivity index (χ2n) is 15.9. The molecule has 3 aromatic rings. The number of hydrogen-bond donors (Lipinski definition) is 0. The van der Waals surface area contributed by atoms with E-state index in [4.69, 9.17) is 0 Å². The first kappa shape index (κ1) is 30.2. The van der Waals surface area contributed by atoms with Crippen molar-refractivity contribution in [3.63, 3.8) is 0 Å². The van der Waals surface area contributed by atoms with Crippen LogP contribution in [0.15, 0.2) is 48.5 Å². The molecule has 0 aliphatic carbocycles. The lowest BCUT2D eigenvalue weighted by Crippen LogP contribution is -2.20. The van der Waals surface area contributed by atoms with Gasteiger partial charge in [-0.15, -0.1) is 0 Å². The average Bonchev–Trinajstić information content (AvgIpc) is 2.75. The van der Waals surface area contributed by atoms with Crippen LogP contribution < -0.4 is 0 Å². The van der Waals surface area contributed by atoms with Gasteiger partial charge in [0.05, 0.1) is 0 Å². The Hall–Kier alpha value is -2.34. The van der Waals surface area contributed by atoms with Crippen molar-refractivity contribution in [3.8, 4) is 0 Å². The van der Waals surface area contributed by atoms with E-state index in [1.54, 1.807) is 0 Å². The highest BCUT2D eigenvalue weighted by Gasteiger charge is 2.28. The Morgan fingerprint density at radius 1 is 0.368 bits per heavy atom. The second kappa shape index (κ2) is 10.0. The Bertz CT molecular complexity index is 1140.